The normalized spacial score (nSPS) is 29.8. The summed E-state index contributed by atoms with van der Waals surface area (Å²) in [5, 5.41) is 19.4. The van der Waals surface area contributed by atoms with Gasteiger partial charge in [0.1, 0.15) is 11.8 Å². The van der Waals surface area contributed by atoms with Crippen molar-refractivity contribution in [2.24, 2.45) is 0 Å². The fourth-order valence-electron chi connectivity index (χ4n) is 2.00. The van der Waals surface area contributed by atoms with Crippen molar-refractivity contribution in [1.29, 1.82) is 0 Å². The molecule has 1 heterocycles. The van der Waals surface area contributed by atoms with Crippen LogP contribution in [0.25, 0.3) is 0 Å². The summed E-state index contributed by atoms with van der Waals surface area (Å²) in [4.78, 5) is 13.0. The predicted octanol–water partition coefficient (Wildman–Crippen LogP) is 0.488. The van der Waals surface area contributed by atoms with Crippen molar-refractivity contribution in [1.82, 2.24) is 4.90 Å². The second kappa shape index (κ2) is 3.88. The first-order valence-corrected chi connectivity index (χ1v) is 5.26. The van der Waals surface area contributed by atoms with Gasteiger partial charge >= 0.3 is 0 Å². The summed E-state index contributed by atoms with van der Waals surface area (Å²) in [5.74, 6) is -0.408. The van der Waals surface area contributed by atoms with Crippen molar-refractivity contribution in [3.63, 3.8) is 0 Å². The molecule has 1 fully saturated rings. The van der Waals surface area contributed by atoms with E-state index in [1.165, 1.54) is 4.90 Å². The fraction of sp³-hybridized carbons (Fsp3) is 0.417. The average molecular weight is 221 g/mol. The van der Waals surface area contributed by atoms with E-state index in [1.54, 1.807) is 6.92 Å². The summed E-state index contributed by atoms with van der Waals surface area (Å²) < 4.78 is 0. The highest BCUT2D eigenvalue weighted by Gasteiger charge is 2.45. The van der Waals surface area contributed by atoms with Crippen LogP contribution in [0.4, 0.5) is 0 Å². The summed E-state index contributed by atoms with van der Waals surface area (Å²) in [5.41, 5.74) is -0.322. The van der Waals surface area contributed by atoms with Crippen LogP contribution in [0.3, 0.4) is 0 Å². The van der Waals surface area contributed by atoms with Crippen LogP contribution in [0.2, 0.25) is 0 Å². The minimum atomic E-state index is -1.26. The molecule has 2 N–H and O–H groups in total. The van der Waals surface area contributed by atoms with E-state index < -0.39 is 17.7 Å². The number of hydrogen-bond acceptors (Lipinski definition) is 3. The molecule has 1 amide bonds. The van der Waals surface area contributed by atoms with E-state index in [1.807, 2.05) is 30.3 Å². The summed E-state index contributed by atoms with van der Waals surface area (Å²) in [6.07, 6.45) is -1.02. The summed E-state index contributed by atoms with van der Waals surface area (Å²) >= 11 is 0. The quantitative estimate of drug-likeness (QED) is 0.764. The van der Waals surface area contributed by atoms with Crippen LogP contribution in [0.5, 0.6) is 0 Å². The van der Waals surface area contributed by atoms with E-state index in [0.29, 0.717) is 6.54 Å². The summed E-state index contributed by atoms with van der Waals surface area (Å²) in [6, 6.07) is 9.41. The minimum absolute atomic E-state index is 0.0681. The molecule has 1 aliphatic rings. The summed E-state index contributed by atoms with van der Waals surface area (Å²) in [7, 11) is 0. The second-order valence-corrected chi connectivity index (χ2v) is 4.35. The molecule has 1 unspecified atom stereocenters. The maximum absolute atomic E-state index is 11.6. The van der Waals surface area contributed by atoms with Gasteiger partial charge in [0.15, 0.2) is 0 Å². The molecular weight excluding hydrogens is 206 g/mol. The zero-order chi connectivity index (χ0) is 11.8. The lowest BCUT2D eigenvalue weighted by atomic mass is 10.1. The number of nitrogens with zero attached hydrogens (tertiary/aromatic N) is 1. The van der Waals surface area contributed by atoms with Gasteiger partial charge in [-0.3, -0.25) is 4.79 Å². The fourth-order valence-corrected chi connectivity index (χ4v) is 2.00. The van der Waals surface area contributed by atoms with Gasteiger partial charge in [0.05, 0.1) is 0 Å². The molecular formula is C12H15NO3. The van der Waals surface area contributed by atoms with Gasteiger partial charge in [-0.25, -0.2) is 0 Å². The molecule has 0 aromatic heterocycles. The maximum atomic E-state index is 11.6. The lowest BCUT2D eigenvalue weighted by Crippen LogP contribution is -2.42. The zero-order valence-electron chi connectivity index (χ0n) is 9.13. The van der Waals surface area contributed by atoms with Gasteiger partial charge in [0.2, 0.25) is 0 Å². The molecule has 1 aromatic rings. The van der Waals surface area contributed by atoms with Crippen molar-refractivity contribution in [2.75, 3.05) is 0 Å². The Morgan fingerprint density at radius 3 is 2.56 bits per heavy atom. The SMILES string of the molecule is CC1(O)C[C@H](O)C(=O)N1Cc1ccccc1. The van der Waals surface area contributed by atoms with Crippen LogP contribution in [-0.2, 0) is 11.3 Å². The highest BCUT2D eigenvalue weighted by atomic mass is 16.3. The molecule has 0 bridgehead atoms. The Balaban J connectivity index is 2.18. The van der Waals surface area contributed by atoms with Gasteiger partial charge in [-0.15, -0.1) is 0 Å². The van der Waals surface area contributed by atoms with Crippen LogP contribution in [-0.4, -0.2) is 32.8 Å². The van der Waals surface area contributed by atoms with E-state index in [4.69, 9.17) is 0 Å². The molecule has 86 valence electrons. The molecule has 16 heavy (non-hydrogen) atoms. The highest BCUT2D eigenvalue weighted by molar-refractivity contribution is 5.83. The lowest BCUT2D eigenvalue weighted by Gasteiger charge is -2.29. The molecule has 0 aliphatic carbocycles. The number of hydrogen-bond donors (Lipinski definition) is 2. The van der Waals surface area contributed by atoms with E-state index in [0.717, 1.165) is 5.56 Å². The first-order chi connectivity index (χ1) is 7.50. The Hall–Kier alpha value is -1.39. The standard InChI is InChI=1S/C12H15NO3/c1-12(16)7-10(14)11(15)13(12)8-9-5-3-2-4-6-9/h2-6,10,14,16H,7-8H2,1H3/t10-,12?/m0/s1. The van der Waals surface area contributed by atoms with Crippen molar-refractivity contribution < 1.29 is 15.0 Å². The Morgan fingerprint density at radius 2 is 2.06 bits per heavy atom. The average Bonchev–Trinajstić information content (AvgIpc) is 2.42. The van der Waals surface area contributed by atoms with Crippen molar-refractivity contribution in [3.05, 3.63) is 35.9 Å². The van der Waals surface area contributed by atoms with E-state index >= 15 is 0 Å². The molecule has 4 heteroatoms. The number of aliphatic hydroxyl groups excluding tert-OH is 1. The summed E-state index contributed by atoms with van der Waals surface area (Å²) in [6.45, 7) is 1.87. The zero-order valence-corrected chi connectivity index (χ0v) is 9.13. The monoisotopic (exact) mass is 221 g/mol. The van der Waals surface area contributed by atoms with Crippen LogP contribution >= 0.6 is 0 Å². The third-order valence-corrected chi connectivity index (χ3v) is 2.90. The molecule has 0 radical (unpaired) electrons. The number of carbonyl (C=O) groups is 1. The van der Waals surface area contributed by atoms with Crippen molar-refractivity contribution >= 4 is 5.91 Å². The third kappa shape index (κ3) is 1.94. The number of carbonyl (C=O) groups excluding carboxylic acids is 1. The Morgan fingerprint density at radius 1 is 1.44 bits per heavy atom. The Kier molecular flexibility index (Phi) is 2.69. The van der Waals surface area contributed by atoms with Gasteiger partial charge in [-0.05, 0) is 12.5 Å². The first kappa shape index (κ1) is 11.1. The number of benzene rings is 1. The van der Waals surface area contributed by atoms with E-state index in [9.17, 15) is 15.0 Å². The second-order valence-electron chi connectivity index (χ2n) is 4.35. The van der Waals surface area contributed by atoms with Gasteiger partial charge in [-0.1, -0.05) is 30.3 Å². The van der Waals surface area contributed by atoms with Crippen LogP contribution in [0, 0.1) is 0 Å². The minimum Gasteiger partial charge on any atom is -0.383 e. The van der Waals surface area contributed by atoms with E-state index in [-0.39, 0.29) is 6.42 Å². The number of amides is 1. The predicted molar refractivity (Wildman–Crippen MR) is 58.2 cm³/mol. The number of likely N-dealkylation sites (tertiary alicyclic amines) is 1. The third-order valence-electron chi connectivity index (χ3n) is 2.90. The smallest absolute Gasteiger partial charge is 0.254 e. The van der Waals surface area contributed by atoms with Gasteiger partial charge in [-0.2, -0.15) is 0 Å². The van der Waals surface area contributed by atoms with Gasteiger partial charge in [0, 0.05) is 13.0 Å². The van der Waals surface area contributed by atoms with Gasteiger partial charge in [0.25, 0.3) is 5.91 Å². The largest absolute Gasteiger partial charge is 0.383 e. The van der Waals surface area contributed by atoms with Crippen LogP contribution in [0.1, 0.15) is 18.9 Å². The molecule has 0 saturated carbocycles. The van der Waals surface area contributed by atoms with Crippen LogP contribution < -0.4 is 0 Å². The molecule has 1 saturated heterocycles. The number of rotatable bonds is 2. The number of aliphatic hydroxyl groups is 2. The Bertz CT molecular complexity index is 389. The van der Waals surface area contributed by atoms with Crippen molar-refractivity contribution in [3.8, 4) is 0 Å². The topological polar surface area (TPSA) is 60.8 Å². The molecule has 0 spiro atoms. The first-order valence-electron chi connectivity index (χ1n) is 5.26. The molecule has 1 aromatic carbocycles. The van der Waals surface area contributed by atoms with Crippen LogP contribution in [0.15, 0.2) is 30.3 Å². The molecule has 1 aliphatic heterocycles. The van der Waals surface area contributed by atoms with Crippen molar-refractivity contribution in [2.45, 2.75) is 31.7 Å². The molecule has 4 nitrogen and oxygen atoms in total. The van der Waals surface area contributed by atoms with E-state index in [2.05, 4.69) is 0 Å². The van der Waals surface area contributed by atoms with Gasteiger partial charge < -0.3 is 15.1 Å². The highest BCUT2D eigenvalue weighted by Crippen LogP contribution is 2.29. The lowest BCUT2D eigenvalue weighted by molar-refractivity contribution is -0.146. The Labute approximate surface area is 94.1 Å². The molecule has 2 rings (SSSR count). The molecule has 2 atom stereocenters. The maximum Gasteiger partial charge on any atom is 0.254 e.